The molecule has 1 aliphatic rings. The van der Waals surface area contributed by atoms with Crippen molar-refractivity contribution in [2.24, 2.45) is 5.41 Å². The first-order valence-corrected chi connectivity index (χ1v) is 7.40. The highest BCUT2D eigenvalue weighted by atomic mass is 79.9. The zero-order valence-corrected chi connectivity index (χ0v) is 12.9. The lowest BCUT2D eigenvalue weighted by Crippen LogP contribution is -2.42. The second kappa shape index (κ2) is 5.08. The number of aromatic nitrogens is 1. The summed E-state index contributed by atoms with van der Waals surface area (Å²) in [6.45, 7) is 7.32. The molecule has 0 bridgehead atoms. The monoisotopic (exact) mass is 312 g/mol. The quantitative estimate of drug-likeness (QED) is 0.909. The summed E-state index contributed by atoms with van der Waals surface area (Å²) in [6.07, 6.45) is 5.44. The fourth-order valence-electron chi connectivity index (χ4n) is 2.75. The molecule has 1 fully saturated rings. The van der Waals surface area contributed by atoms with E-state index >= 15 is 0 Å². The first kappa shape index (κ1) is 13.7. The minimum atomic E-state index is 0.0440. The Morgan fingerprint density at radius 1 is 1.61 bits per heavy atom. The van der Waals surface area contributed by atoms with E-state index in [0.29, 0.717) is 6.04 Å². The molecule has 0 radical (unpaired) electrons. The average molecular weight is 313 g/mol. The molecule has 0 spiro atoms. The van der Waals surface area contributed by atoms with Crippen molar-refractivity contribution >= 4 is 21.8 Å². The zero-order valence-electron chi connectivity index (χ0n) is 11.3. The zero-order chi connectivity index (χ0) is 13.3. The van der Waals surface area contributed by atoms with Crippen LogP contribution < -0.4 is 5.32 Å². The van der Waals surface area contributed by atoms with E-state index in [9.17, 15) is 4.79 Å². The molecule has 1 saturated carbocycles. The third-order valence-electron chi connectivity index (χ3n) is 4.00. The van der Waals surface area contributed by atoms with Gasteiger partial charge >= 0.3 is 0 Å². The molecule has 2 rings (SSSR count). The van der Waals surface area contributed by atoms with Gasteiger partial charge in [-0.25, -0.2) is 0 Å². The molecule has 1 amide bonds. The van der Waals surface area contributed by atoms with Crippen molar-refractivity contribution in [1.29, 1.82) is 0 Å². The summed E-state index contributed by atoms with van der Waals surface area (Å²) in [5.41, 5.74) is 0.961. The van der Waals surface area contributed by atoms with Gasteiger partial charge < -0.3 is 9.88 Å². The molecule has 3 nitrogen and oxygen atoms in total. The van der Waals surface area contributed by atoms with Crippen LogP contribution in [-0.4, -0.2) is 16.5 Å². The maximum atomic E-state index is 12.3. The average Bonchev–Trinajstić information content (AvgIpc) is 2.82. The van der Waals surface area contributed by atoms with E-state index in [1.54, 1.807) is 0 Å². The van der Waals surface area contributed by atoms with Gasteiger partial charge in [-0.2, -0.15) is 0 Å². The van der Waals surface area contributed by atoms with Crippen LogP contribution in [-0.2, 0) is 6.54 Å². The molecule has 4 heteroatoms. The highest BCUT2D eigenvalue weighted by molar-refractivity contribution is 9.10. The van der Waals surface area contributed by atoms with Crippen LogP contribution in [0.25, 0.3) is 0 Å². The van der Waals surface area contributed by atoms with Crippen LogP contribution in [0.2, 0.25) is 0 Å². The van der Waals surface area contributed by atoms with Crippen LogP contribution in [0.4, 0.5) is 0 Å². The maximum absolute atomic E-state index is 12.3. The normalized spacial score (nSPS) is 22.1. The summed E-state index contributed by atoms with van der Waals surface area (Å²) in [7, 11) is 0. The predicted molar refractivity (Wildman–Crippen MR) is 76.7 cm³/mol. The number of hydrogen-bond donors (Lipinski definition) is 1. The lowest BCUT2D eigenvalue weighted by atomic mass is 9.87. The van der Waals surface area contributed by atoms with Crippen LogP contribution >= 0.6 is 15.9 Å². The molecule has 1 atom stereocenters. The van der Waals surface area contributed by atoms with Crippen LogP contribution in [0.1, 0.15) is 50.5 Å². The minimum Gasteiger partial charge on any atom is -0.347 e. The van der Waals surface area contributed by atoms with E-state index in [2.05, 4.69) is 35.1 Å². The summed E-state index contributed by atoms with van der Waals surface area (Å²) in [6, 6.07) is 2.19. The van der Waals surface area contributed by atoms with Gasteiger partial charge in [0.1, 0.15) is 5.69 Å². The van der Waals surface area contributed by atoms with Crippen molar-refractivity contribution in [2.75, 3.05) is 0 Å². The van der Waals surface area contributed by atoms with Crippen LogP contribution in [0.5, 0.6) is 0 Å². The number of carbonyl (C=O) groups excluding carboxylic acids is 1. The van der Waals surface area contributed by atoms with Gasteiger partial charge in [0.05, 0.1) is 0 Å². The van der Waals surface area contributed by atoms with Gasteiger partial charge in [0.25, 0.3) is 5.91 Å². The number of rotatable bonds is 3. The van der Waals surface area contributed by atoms with Crippen molar-refractivity contribution < 1.29 is 4.79 Å². The van der Waals surface area contributed by atoms with Crippen molar-refractivity contribution in [2.45, 2.75) is 52.6 Å². The Labute approximate surface area is 117 Å². The molecule has 1 N–H and O–H groups in total. The summed E-state index contributed by atoms with van der Waals surface area (Å²) in [5, 5.41) is 3.19. The Kier molecular flexibility index (Phi) is 3.85. The lowest BCUT2D eigenvalue weighted by Gasteiger charge is -2.27. The van der Waals surface area contributed by atoms with Gasteiger partial charge in [-0.05, 0) is 47.2 Å². The smallest absolute Gasteiger partial charge is 0.268 e. The Hall–Kier alpha value is -0.770. The molecule has 18 heavy (non-hydrogen) atoms. The van der Waals surface area contributed by atoms with Gasteiger partial charge in [-0.3, -0.25) is 4.79 Å². The fourth-order valence-corrected chi connectivity index (χ4v) is 3.22. The molecule has 100 valence electrons. The number of aryl methyl sites for hydroxylation is 1. The number of nitrogens with one attached hydrogen (secondary N) is 1. The highest BCUT2D eigenvalue weighted by Crippen LogP contribution is 2.37. The fraction of sp³-hybridized carbons (Fsp3) is 0.643. The molecule has 0 aromatic carbocycles. The third-order valence-corrected chi connectivity index (χ3v) is 4.43. The molecule has 1 aromatic rings. The summed E-state index contributed by atoms with van der Waals surface area (Å²) in [4.78, 5) is 12.3. The van der Waals surface area contributed by atoms with Crippen LogP contribution in [0, 0.1) is 5.41 Å². The number of amides is 1. The van der Waals surface area contributed by atoms with Crippen LogP contribution in [0.15, 0.2) is 16.7 Å². The number of hydrogen-bond acceptors (Lipinski definition) is 1. The molecule has 1 unspecified atom stereocenters. The molecule has 0 aliphatic heterocycles. The van der Waals surface area contributed by atoms with Crippen molar-refractivity contribution in [3.8, 4) is 0 Å². The Morgan fingerprint density at radius 2 is 2.33 bits per heavy atom. The molecule has 0 saturated heterocycles. The summed E-state index contributed by atoms with van der Waals surface area (Å²) >= 11 is 3.43. The van der Waals surface area contributed by atoms with E-state index < -0.39 is 0 Å². The molecular weight excluding hydrogens is 292 g/mol. The standard InChI is InChI=1S/C14H21BrN2O/c1-4-17-9-10(15)8-11(17)13(18)16-12-6-5-7-14(12,2)3/h8-9,12H,4-7H2,1-3H3,(H,16,18). The molecule has 1 aromatic heterocycles. The maximum Gasteiger partial charge on any atom is 0.268 e. The van der Waals surface area contributed by atoms with Crippen LogP contribution in [0.3, 0.4) is 0 Å². The van der Waals surface area contributed by atoms with E-state index in [1.807, 2.05) is 23.8 Å². The number of nitrogens with zero attached hydrogens (tertiary/aromatic N) is 1. The largest absolute Gasteiger partial charge is 0.347 e. The minimum absolute atomic E-state index is 0.0440. The summed E-state index contributed by atoms with van der Waals surface area (Å²) in [5.74, 6) is 0.0440. The first-order chi connectivity index (χ1) is 8.44. The van der Waals surface area contributed by atoms with E-state index in [0.717, 1.165) is 23.1 Å². The van der Waals surface area contributed by atoms with Crippen molar-refractivity contribution in [3.63, 3.8) is 0 Å². The van der Waals surface area contributed by atoms with Gasteiger partial charge in [0.15, 0.2) is 0 Å². The van der Waals surface area contributed by atoms with E-state index in [-0.39, 0.29) is 11.3 Å². The topological polar surface area (TPSA) is 34.0 Å². The second-order valence-corrected chi connectivity index (χ2v) is 6.65. The SMILES string of the molecule is CCn1cc(Br)cc1C(=O)NC1CCCC1(C)C. The highest BCUT2D eigenvalue weighted by Gasteiger charge is 2.35. The molecule has 1 heterocycles. The van der Waals surface area contributed by atoms with Crippen molar-refractivity contribution in [1.82, 2.24) is 9.88 Å². The molecular formula is C14H21BrN2O. The summed E-state index contributed by atoms with van der Waals surface area (Å²) < 4.78 is 2.93. The van der Waals surface area contributed by atoms with Gasteiger partial charge in [-0.1, -0.05) is 20.3 Å². The first-order valence-electron chi connectivity index (χ1n) is 6.60. The van der Waals surface area contributed by atoms with Gasteiger partial charge in [-0.15, -0.1) is 0 Å². The lowest BCUT2D eigenvalue weighted by molar-refractivity contribution is 0.0900. The Morgan fingerprint density at radius 3 is 2.89 bits per heavy atom. The van der Waals surface area contributed by atoms with E-state index in [1.165, 1.54) is 12.8 Å². The number of halogens is 1. The van der Waals surface area contributed by atoms with Gasteiger partial charge in [0.2, 0.25) is 0 Å². The molecule has 1 aliphatic carbocycles. The van der Waals surface area contributed by atoms with Crippen molar-refractivity contribution in [3.05, 3.63) is 22.4 Å². The second-order valence-electron chi connectivity index (χ2n) is 5.74. The van der Waals surface area contributed by atoms with E-state index in [4.69, 9.17) is 0 Å². The number of carbonyl (C=O) groups is 1. The van der Waals surface area contributed by atoms with Gasteiger partial charge in [0, 0.05) is 23.3 Å². The predicted octanol–water partition coefficient (Wildman–Crippen LogP) is 3.58. The Bertz CT molecular complexity index is 451. The Balaban J connectivity index is 2.12. The third kappa shape index (κ3) is 2.63.